The maximum atomic E-state index is 13.4. The molecule has 8 nitrogen and oxygen atoms in total. The minimum absolute atomic E-state index is 0.000265. The van der Waals surface area contributed by atoms with E-state index in [1.165, 1.54) is 20.0 Å². The van der Waals surface area contributed by atoms with Gasteiger partial charge in [0.2, 0.25) is 0 Å². The highest BCUT2D eigenvalue weighted by Gasteiger charge is 2.45. The normalized spacial score (nSPS) is 29.3. The first kappa shape index (κ1) is 37.7. The Morgan fingerprint density at radius 3 is 2.27 bits per heavy atom. The lowest BCUT2D eigenvalue weighted by molar-refractivity contribution is -0.193. The number of carbonyl (C=O) groups is 2. The summed E-state index contributed by atoms with van der Waals surface area (Å²) in [6, 6.07) is 9.23. The molecular weight excluding hydrogens is 620 g/mol. The van der Waals surface area contributed by atoms with Gasteiger partial charge >= 0.3 is 11.9 Å². The molecule has 4 fully saturated rings. The van der Waals surface area contributed by atoms with Crippen LogP contribution < -0.4 is 0 Å². The van der Waals surface area contributed by atoms with Crippen LogP contribution in [0.15, 0.2) is 54.6 Å². The monoisotopic (exact) mass is 680 g/mol. The zero-order valence-corrected chi connectivity index (χ0v) is 29.9. The largest absolute Gasteiger partial charge is 0.469 e. The smallest absolute Gasteiger partial charge is 0.338 e. The van der Waals surface area contributed by atoms with Gasteiger partial charge in [-0.1, -0.05) is 68.7 Å². The van der Waals surface area contributed by atoms with Crippen LogP contribution in [-0.4, -0.2) is 63.2 Å². The minimum atomic E-state index is -0.325. The predicted molar refractivity (Wildman–Crippen MR) is 189 cm³/mol. The summed E-state index contributed by atoms with van der Waals surface area (Å²) in [5.41, 5.74) is 0.550. The average Bonchev–Trinajstić information content (AvgIpc) is 3.78. The summed E-state index contributed by atoms with van der Waals surface area (Å²) in [7, 11) is 1.50. The van der Waals surface area contributed by atoms with Gasteiger partial charge in [-0.05, 0) is 95.1 Å². The van der Waals surface area contributed by atoms with Crippen LogP contribution >= 0.6 is 0 Å². The lowest BCUT2D eigenvalue weighted by atomic mass is 9.86. The summed E-state index contributed by atoms with van der Waals surface area (Å²) >= 11 is 0. The number of methoxy groups -OCH3 is 1. The highest BCUT2D eigenvalue weighted by molar-refractivity contribution is 5.89. The number of carbonyl (C=O) groups excluding carboxylic acids is 2. The van der Waals surface area contributed by atoms with Crippen LogP contribution in [0.3, 0.4) is 0 Å². The summed E-state index contributed by atoms with van der Waals surface area (Å²) < 4.78 is 36.6. The molecule has 5 rings (SSSR count). The van der Waals surface area contributed by atoms with E-state index in [4.69, 9.17) is 28.4 Å². The van der Waals surface area contributed by atoms with Crippen molar-refractivity contribution in [1.82, 2.24) is 0 Å². The van der Waals surface area contributed by atoms with Crippen molar-refractivity contribution in [2.75, 3.05) is 20.3 Å². The number of rotatable bonds is 17. The molecule has 4 aliphatic rings. The SMILES string of the molecule is CCC[C@H](/C=C/[C@@H]1[C@@H](C/C=C\CCC(C(=O)OC)C2CCCC2)[C@H](OC(=O)c2ccccc2)C[C@H]1OC1CCCCO1)OC1CCCCO1. The summed E-state index contributed by atoms with van der Waals surface area (Å²) in [6.07, 6.45) is 23.5. The molecule has 3 unspecified atom stereocenters. The standard InChI is InChI=1S/C41H60O8/c1-3-16-32(47-38-23-12-14-27-45-38)25-26-35-34(22-9-5-8-21-33(41(43)44-2)30-17-10-11-18-30)37(49-40(42)31-19-6-4-7-20-31)29-36(35)48-39-24-13-15-28-46-39/h4-7,9,19-20,25-26,30,32-39H,3,8,10-18,21-24,27-29H2,1-2H3/b9-5-,26-25+/t32-,33?,34-,35-,36-,37-,38?,39?/m1/s1. The second-order valence-corrected chi connectivity index (χ2v) is 14.4. The Kier molecular flexibility index (Phi) is 15.7. The van der Waals surface area contributed by atoms with Crippen molar-refractivity contribution in [2.45, 2.75) is 141 Å². The van der Waals surface area contributed by atoms with Gasteiger partial charge in [0.1, 0.15) is 6.10 Å². The molecule has 8 heteroatoms. The fourth-order valence-electron chi connectivity index (χ4n) is 8.20. The second-order valence-electron chi connectivity index (χ2n) is 14.4. The van der Waals surface area contributed by atoms with Gasteiger partial charge in [-0.2, -0.15) is 0 Å². The lowest BCUT2D eigenvalue weighted by Crippen LogP contribution is -2.31. The van der Waals surface area contributed by atoms with E-state index in [2.05, 4.69) is 31.2 Å². The molecule has 2 aliphatic heterocycles. The Balaban J connectivity index is 1.34. The zero-order chi connectivity index (χ0) is 34.3. The second kappa shape index (κ2) is 20.4. The third-order valence-corrected chi connectivity index (χ3v) is 10.9. The maximum Gasteiger partial charge on any atom is 0.338 e. The summed E-state index contributed by atoms with van der Waals surface area (Å²) in [5.74, 6) is -0.00828. The molecule has 2 heterocycles. The van der Waals surface area contributed by atoms with E-state index in [0.717, 1.165) is 90.1 Å². The van der Waals surface area contributed by atoms with Gasteiger partial charge < -0.3 is 28.4 Å². The number of hydrogen-bond donors (Lipinski definition) is 0. The van der Waals surface area contributed by atoms with Crippen molar-refractivity contribution in [3.05, 3.63) is 60.2 Å². The molecular formula is C41H60O8. The summed E-state index contributed by atoms with van der Waals surface area (Å²) in [4.78, 5) is 26.0. The average molecular weight is 681 g/mol. The number of benzene rings is 1. The van der Waals surface area contributed by atoms with Crippen LogP contribution in [0.25, 0.3) is 0 Å². The highest BCUT2D eigenvalue weighted by atomic mass is 16.7. The quantitative estimate of drug-likeness (QED) is 0.119. The molecule has 0 radical (unpaired) electrons. The van der Waals surface area contributed by atoms with Crippen molar-refractivity contribution < 1.29 is 38.0 Å². The van der Waals surface area contributed by atoms with Gasteiger partial charge in [-0.25, -0.2) is 4.79 Å². The molecule has 8 atom stereocenters. The third kappa shape index (κ3) is 11.5. The van der Waals surface area contributed by atoms with Gasteiger partial charge in [0, 0.05) is 31.5 Å². The highest BCUT2D eigenvalue weighted by Crippen LogP contribution is 2.42. The number of hydrogen-bond acceptors (Lipinski definition) is 8. The zero-order valence-electron chi connectivity index (χ0n) is 29.9. The van der Waals surface area contributed by atoms with Gasteiger partial charge in [0.15, 0.2) is 12.6 Å². The Hall–Kier alpha value is -2.52. The Labute approximate surface area is 294 Å². The van der Waals surface area contributed by atoms with E-state index in [1.54, 1.807) is 12.1 Å². The fourth-order valence-corrected chi connectivity index (χ4v) is 8.20. The Bertz CT molecular complexity index is 1170. The molecule has 272 valence electrons. The van der Waals surface area contributed by atoms with Crippen LogP contribution in [0.5, 0.6) is 0 Å². The van der Waals surface area contributed by atoms with Crippen LogP contribution in [0.4, 0.5) is 0 Å². The van der Waals surface area contributed by atoms with Crippen LogP contribution in [0.2, 0.25) is 0 Å². The molecule has 2 saturated carbocycles. The van der Waals surface area contributed by atoms with E-state index < -0.39 is 0 Å². The van der Waals surface area contributed by atoms with Crippen LogP contribution in [0, 0.1) is 23.7 Å². The van der Waals surface area contributed by atoms with E-state index in [1.807, 2.05) is 18.2 Å². The lowest BCUT2D eigenvalue weighted by Gasteiger charge is -2.30. The molecule has 49 heavy (non-hydrogen) atoms. The van der Waals surface area contributed by atoms with Gasteiger partial charge in [0.05, 0.1) is 30.8 Å². The van der Waals surface area contributed by atoms with E-state index in [-0.39, 0.29) is 60.6 Å². The van der Waals surface area contributed by atoms with Crippen molar-refractivity contribution >= 4 is 11.9 Å². The van der Waals surface area contributed by atoms with Crippen molar-refractivity contribution in [2.24, 2.45) is 23.7 Å². The third-order valence-electron chi connectivity index (χ3n) is 10.9. The van der Waals surface area contributed by atoms with Crippen LogP contribution in [-0.2, 0) is 33.2 Å². The van der Waals surface area contributed by atoms with Gasteiger partial charge in [0.25, 0.3) is 0 Å². The maximum absolute atomic E-state index is 13.4. The van der Waals surface area contributed by atoms with Gasteiger partial charge in [-0.15, -0.1) is 0 Å². The van der Waals surface area contributed by atoms with E-state index in [0.29, 0.717) is 24.5 Å². The first-order valence-corrected chi connectivity index (χ1v) is 19.3. The molecule has 0 aromatic heterocycles. The molecule has 0 N–H and O–H groups in total. The molecule has 0 amide bonds. The summed E-state index contributed by atoms with van der Waals surface area (Å²) in [6.45, 7) is 3.63. The molecule has 1 aromatic carbocycles. The molecule has 0 bridgehead atoms. The molecule has 1 aromatic rings. The fraction of sp³-hybridized carbons (Fsp3) is 0.707. The molecule has 2 aliphatic carbocycles. The first-order chi connectivity index (χ1) is 24.1. The first-order valence-electron chi connectivity index (χ1n) is 19.3. The van der Waals surface area contributed by atoms with Crippen molar-refractivity contribution in [3.63, 3.8) is 0 Å². The van der Waals surface area contributed by atoms with Crippen molar-refractivity contribution in [1.29, 1.82) is 0 Å². The summed E-state index contributed by atoms with van der Waals surface area (Å²) in [5, 5.41) is 0. The van der Waals surface area contributed by atoms with Gasteiger partial charge in [-0.3, -0.25) is 4.79 Å². The predicted octanol–water partition coefficient (Wildman–Crippen LogP) is 8.73. The molecule has 0 spiro atoms. The van der Waals surface area contributed by atoms with E-state index >= 15 is 0 Å². The number of esters is 2. The Morgan fingerprint density at radius 2 is 1.59 bits per heavy atom. The minimum Gasteiger partial charge on any atom is -0.469 e. The van der Waals surface area contributed by atoms with E-state index in [9.17, 15) is 9.59 Å². The van der Waals surface area contributed by atoms with Crippen LogP contribution in [0.1, 0.15) is 120 Å². The number of allylic oxidation sites excluding steroid dienone is 2. The number of ether oxygens (including phenoxy) is 6. The van der Waals surface area contributed by atoms with Crippen molar-refractivity contribution in [3.8, 4) is 0 Å². The Morgan fingerprint density at radius 1 is 0.878 bits per heavy atom. The molecule has 2 saturated heterocycles. The topological polar surface area (TPSA) is 89.5 Å².